The summed E-state index contributed by atoms with van der Waals surface area (Å²) in [6.07, 6.45) is 1.22. The molecule has 118 valence electrons. The van der Waals surface area contributed by atoms with Crippen LogP contribution >= 0.6 is 31.9 Å². The Morgan fingerprint density at radius 1 is 1.14 bits per heavy atom. The molecule has 7 heteroatoms. The summed E-state index contributed by atoms with van der Waals surface area (Å²) in [5.74, 6) is -0.353. The highest BCUT2D eigenvalue weighted by Gasteiger charge is 2.43. The maximum atomic E-state index is 12.7. The third-order valence-electron chi connectivity index (χ3n) is 4.21. The van der Waals surface area contributed by atoms with Crippen molar-refractivity contribution in [2.75, 3.05) is 18.0 Å². The van der Waals surface area contributed by atoms with Crippen LogP contribution in [-0.4, -0.2) is 47.1 Å². The van der Waals surface area contributed by atoms with Gasteiger partial charge in [0.05, 0.1) is 24.3 Å². The number of aliphatic hydroxyl groups excluding tert-OH is 1. The van der Waals surface area contributed by atoms with Crippen molar-refractivity contribution in [1.29, 1.82) is 0 Å². The highest BCUT2D eigenvalue weighted by molar-refractivity contribution is 9.11. The lowest BCUT2D eigenvalue weighted by molar-refractivity contribution is -0.123. The molecule has 0 saturated carbocycles. The third-order valence-corrected chi connectivity index (χ3v) is 5.34. The summed E-state index contributed by atoms with van der Waals surface area (Å²) in [7, 11) is 0. The van der Waals surface area contributed by atoms with Gasteiger partial charge in [-0.25, -0.2) is 4.90 Å². The average Bonchev–Trinajstić information content (AvgIpc) is 2.76. The zero-order chi connectivity index (χ0) is 15.9. The normalized spacial score (nSPS) is 24.3. The molecular weight excluding hydrogens is 416 g/mol. The van der Waals surface area contributed by atoms with Gasteiger partial charge in [0, 0.05) is 22.0 Å². The van der Waals surface area contributed by atoms with E-state index in [9.17, 15) is 14.7 Å². The molecule has 2 saturated heterocycles. The number of carbonyl (C=O) groups is 2. The average molecular weight is 432 g/mol. The number of nitrogens with zero attached hydrogens (tertiary/aromatic N) is 2. The quantitative estimate of drug-likeness (QED) is 0.730. The molecule has 2 aliphatic heterocycles. The standard InChI is InChI=1S/C15H16Br2N2O3/c16-9-1-2-12(11(17)7-9)19-14(21)8-13(15(19)22)18-5-3-10(20)4-6-18/h1-2,7,10,13,20H,3-6,8H2/t13-/m1/s1. The SMILES string of the molecule is O=C1C[C@@H](N2CCC(O)CC2)C(=O)N1c1ccc(Br)cc1Br. The molecule has 2 fully saturated rings. The minimum absolute atomic E-state index is 0.176. The zero-order valence-corrected chi connectivity index (χ0v) is 15.0. The summed E-state index contributed by atoms with van der Waals surface area (Å²) in [5, 5.41) is 9.58. The maximum Gasteiger partial charge on any atom is 0.251 e. The number of amides is 2. The summed E-state index contributed by atoms with van der Waals surface area (Å²) >= 11 is 6.78. The number of aliphatic hydroxyl groups is 1. The highest BCUT2D eigenvalue weighted by atomic mass is 79.9. The van der Waals surface area contributed by atoms with Gasteiger partial charge in [0.2, 0.25) is 5.91 Å². The van der Waals surface area contributed by atoms with E-state index in [2.05, 4.69) is 31.9 Å². The van der Waals surface area contributed by atoms with Crippen LogP contribution in [0, 0.1) is 0 Å². The van der Waals surface area contributed by atoms with Gasteiger partial charge in [-0.2, -0.15) is 0 Å². The van der Waals surface area contributed by atoms with E-state index in [1.807, 2.05) is 17.0 Å². The predicted octanol–water partition coefficient (Wildman–Crippen LogP) is 2.30. The van der Waals surface area contributed by atoms with Gasteiger partial charge in [-0.3, -0.25) is 14.5 Å². The number of carbonyl (C=O) groups excluding carboxylic acids is 2. The number of imide groups is 1. The molecule has 1 aromatic carbocycles. The van der Waals surface area contributed by atoms with E-state index in [0.717, 1.165) is 4.47 Å². The van der Waals surface area contributed by atoms with E-state index in [4.69, 9.17) is 0 Å². The van der Waals surface area contributed by atoms with Crippen LogP contribution in [0.3, 0.4) is 0 Å². The number of halogens is 2. The fourth-order valence-electron chi connectivity index (χ4n) is 3.01. The van der Waals surface area contributed by atoms with Crippen LogP contribution in [0.5, 0.6) is 0 Å². The predicted molar refractivity (Wildman–Crippen MR) is 89.6 cm³/mol. The van der Waals surface area contributed by atoms with Gasteiger partial charge in [0.25, 0.3) is 5.91 Å². The van der Waals surface area contributed by atoms with Crippen LogP contribution in [0.2, 0.25) is 0 Å². The number of likely N-dealkylation sites (tertiary alicyclic amines) is 1. The van der Waals surface area contributed by atoms with Crippen LogP contribution in [0.4, 0.5) is 5.69 Å². The summed E-state index contributed by atoms with van der Waals surface area (Å²) < 4.78 is 1.59. The number of hydrogen-bond donors (Lipinski definition) is 1. The molecule has 0 aromatic heterocycles. The molecule has 0 aliphatic carbocycles. The molecule has 0 spiro atoms. The lowest BCUT2D eigenvalue weighted by Crippen LogP contribution is -2.46. The van der Waals surface area contributed by atoms with Crippen LogP contribution in [-0.2, 0) is 9.59 Å². The van der Waals surface area contributed by atoms with Crippen molar-refractivity contribution >= 4 is 49.4 Å². The second-order valence-electron chi connectivity index (χ2n) is 5.65. The first-order chi connectivity index (χ1) is 10.5. The van der Waals surface area contributed by atoms with Gasteiger partial charge in [0.1, 0.15) is 0 Å². The number of hydrogen-bond acceptors (Lipinski definition) is 4. The van der Waals surface area contributed by atoms with Crippen molar-refractivity contribution in [2.24, 2.45) is 0 Å². The zero-order valence-electron chi connectivity index (χ0n) is 11.8. The van der Waals surface area contributed by atoms with E-state index in [0.29, 0.717) is 36.1 Å². The summed E-state index contributed by atoms with van der Waals surface area (Å²) in [6.45, 7) is 1.31. The van der Waals surface area contributed by atoms with E-state index in [1.165, 1.54) is 4.90 Å². The van der Waals surface area contributed by atoms with Gasteiger partial charge in [-0.05, 0) is 47.0 Å². The Kier molecular flexibility index (Phi) is 4.68. The minimum atomic E-state index is -0.407. The van der Waals surface area contributed by atoms with Crippen molar-refractivity contribution in [3.63, 3.8) is 0 Å². The maximum absolute atomic E-state index is 12.7. The second-order valence-corrected chi connectivity index (χ2v) is 7.42. The molecule has 0 radical (unpaired) electrons. The lowest BCUT2D eigenvalue weighted by atomic mass is 10.1. The number of rotatable bonds is 2. The molecule has 0 unspecified atom stereocenters. The molecule has 2 heterocycles. The van der Waals surface area contributed by atoms with Crippen LogP contribution in [0.15, 0.2) is 27.1 Å². The Labute approximate surface area is 145 Å². The first-order valence-corrected chi connectivity index (χ1v) is 8.80. The number of benzene rings is 1. The van der Waals surface area contributed by atoms with Crippen molar-refractivity contribution in [3.05, 3.63) is 27.1 Å². The largest absolute Gasteiger partial charge is 0.393 e. The number of anilines is 1. The first-order valence-electron chi connectivity index (χ1n) is 7.21. The molecule has 22 heavy (non-hydrogen) atoms. The van der Waals surface area contributed by atoms with E-state index < -0.39 is 6.04 Å². The Morgan fingerprint density at radius 3 is 2.45 bits per heavy atom. The van der Waals surface area contributed by atoms with E-state index in [1.54, 1.807) is 6.07 Å². The fraction of sp³-hybridized carbons (Fsp3) is 0.467. The Hall–Kier alpha value is -0.760. The minimum Gasteiger partial charge on any atom is -0.393 e. The van der Waals surface area contributed by atoms with Crippen LogP contribution in [0.25, 0.3) is 0 Å². The smallest absolute Gasteiger partial charge is 0.251 e. The molecule has 2 amide bonds. The molecule has 1 N–H and O–H groups in total. The van der Waals surface area contributed by atoms with Crippen molar-refractivity contribution in [2.45, 2.75) is 31.4 Å². The molecule has 1 atom stereocenters. The highest BCUT2D eigenvalue weighted by Crippen LogP contribution is 2.34. The van der Waals surface area contributed by atoms with Crippen LogP contribution in [0.1, 0.15) is 19.3 Å². The van der Waals surface area contributed by atoms with Gasteiger partial charge >= 0.3 is 0 Å². The Bertz CT molecular complexity index is 615. The van der Waals surface area contributed by atoms with Crippen molar-refractivity contribution in [3.8, 4) is 0 Å². The Balaban J connectivity index is 1.82. The fourth-order valence-corrected chi connectivity index (χ4v) is 4.24. The van der Waals surface area contributed by atoms with Crippen LogP contribution < -0.4 is 4.90 Å². The van der Waals surface area contributed by atoms with Gasteiger partial charge < -0.3 is 5.11 Å². The lowest BCUT2D eigenvalue weighted by Gasteiger charge is -2.32. The van der Waals surface area contributed by atoms with Crippen molar-refractivity contribution < 1.29 is 14.7 Å². The van der Waals surface area contributed by atoms with E-state index >= 15 is 0 Å². The third kappa shape index (κ3) is 2.99. The summed E-state index contributed by atoms with van der Waals surface area (Å²) in [4.78, 5) is 28.3. The molecule has 3 rings (SSSR count). The first kappa shape index (κ1) is 16.1. The monoisotopic (exact) mass is 430 g/mol. The van der Waals surface area contributed by atoms with E-state index in [-0.39, 0.29) is 24.3 Å². The topological polar surface area (TPSA) is 60.9 Å². The van der Waals surface area contributed by atoms with Gasteiger partial charge in [0.15, 0.2) is 0 Å². The molecular formula is C15H16Br2N2O3. The molecule has 5 nitrogen and oxygen atoms in total. The van der Waals surface area contributed by atoms with Crippen molar-refractivity contribution in [1.82, 2.24) is 4.90 Å². The molecule has 1 aromatic rings. The summed E-state index contributed by atoms with van der Waals surface area (Å²) in [6, 6.07) is 4.98. The molecule has 2 aliphatic rings. The second kappa shape index (κ2) is 6.39. The summed E-state index contributed by atoms with van der Waals surface area (Å²) in [5.41, 5.74) is 0.581. The number of piperidine rings is 1. The Morgan fingerprint density at radius 2 is 1.82 bits per heavy atom. The van der Waals surface area contributed by atoms with Gasteiger partial charge in [-0.1, -0.05) is 15.9 Å². The molecule has 0 bridgehead atoms. The van der Waals surface area contributed by atoms with Gasteiger partial charge in [-0.15, -0.1) is 0 Å².